The molecule has 5 heteroatoms. The normalized spacial score (nSPS) is 12.6. The molecule has 0 radical (unpaired) electrons. The molecule has 0 aromatic heterocycles. The first-order valence-corrected chi connectivity index (χ1v) is 6.18. The van der Waals surface area contributed by atoms with E-state index in [2.05, 4.69) is 21.2 Å². The van der Waals surface area contributed by atoms with Gasteiger partial charge in [-0.05, 0) is 24.6 Å². The van der Waals surface area contributed by atoms with Crippen molar-refractivity contribution in [3.8, 4) is 0 Å². The molecule has 2 N–H and O–H groups in total. The van der Waals surface area contributed by atoms with Gasteiger partial charge in [0.05, 0.1) is 22.7 Å². The van der Waals surface area contributed by atoms with Crippen molar-refractivity contribution in [3.63, 3.8) is 0 Å². The second kappa shape index (κ2) is 5.94. The van der Waals surface area contributed by atoms with Gasteiger partial charge in [0.2, 0.25) is 0 Å². The summed E-state index contributed by atoms with van der Waals surface area (Å²) in [7, 11) is 0. The zero-order valence-electron chi connectivity index (χ0n) is 8.23. The largest absolute Gasteiger partial charge is 0.390 e. The van der Waals surface area contributed by atoms with Gasteiger partial charge in [-0.2, -0.15) is 0 Å². The van der Waals surface area contributed by atoms with Crippen LogP contribution in [0.5, 0.6) is 0 Å². The van der Waals surface area contributed by atoms with Gasteiger partial charge in [-0.3, -0.25) is 0 Å². The summed E-state index contributed by atoms with van der Waals surface area (Å²) < 4.78 is 0.951. The van der Waals surface area contributed by atoms with Crippen LogP contribution in [0.25, 0.3) is 0 Å². The summed E-state index contributed by atoms with van der Waals surface area (Å²) in [6.45, 7) is 2.31. The van der Waals surface area contributed by atoms with Crippen LogP contribution in [-0.2, 0) is 0 Å². The molecule has 84 valence electrons. The molecule has 1 aromatic carbocycles. The van der Waals surface area contributed by atoms with Crippen LogP contribution >= 0.6 is 39.1 Å². The maximum absolute atomic E-state index is 9.30. The number of halogens is 3. The molecule has 0 aliphatic rings. The third-order valence-corrected chi connectivity index (χ3v) is 3.24. The fraction of sp³-hybridized carbons (Fsp3) is 0.400. The second-order valence-corrected chi connectivity index (χ2v) is 4.88. The molecule has 0 amide bonds. The van der Waals surface area contributed by atoms with E-state index in [-0.39, 0.29) is 5.88 Å². The Labute approximate surface area is 108 Å². The number of alkyl halides is 1. The lowest BCUT2D eigenvalue weighted by Gasteiger charge is -2.13. The van der Waals surface area contributed by atoms with Crippen molar-refractivity contribution in [3.05, 3.63) is 27.2 Å². The van der Waals surface area contributed by atoms with E-state index < -0.39 is 6.10 Å². The van der Waals surface area contributed by atoms with Crippen molar-refractivity contribution in [1.82, 2.24) is 0 Å². The molecule has 2 nitrogen and oxygen atoms in total. The minimum absolute atomic E-state index is 0.206. The van der Waals surface area contributed by atoms with E-state index in [1.54, 1.807) is 0 Å². The highest BCUT2D eigenvalue weighted by Gasteiger charge is 2.07. The minimum atomic E-state index is -0.568. The van der Waals surface area contributed by atoms with Crippen LogP contribution in [0.3, 0.4) is 0 Å². The van der Waals surface area contributed by atoms with Crippen LogP contribution in [0.1, 0.15) is 5.56 Å². The third kappa shape index (κ3) is 3.83. The topological polar surface area (TPSA) is 32.3 Å². The van der Waals surface area contributed by atoms with Gasteiger partial charge in [-0.25, -0.2) is 0 Å². The molecular formula is C10H12BrCl2NO. The van der Waals surface area contributed by atoms with Gasteiger partial charge in [-0.15, -0.1) is 11.6 Å². The van der Waals surface area contributed by atoms with Gasteiger partial charge in [0, 0.05) is 11.0 Å². The Kier molecular flexibility index (Phi) is 5.19. The number of benzene rings is 1. The van der Waals surface area contributed by atoms with E-state index >= 15 is 0 Å². The summed E-state index contributed by atoms with van der Waals surface area (Å²) in [6, 6.07) is 3.81. The summed E-state index contributed by atoms with van der Waals surface area (Å²) in [5.74, 6) is 0.206. The Morgan fingerprint density at radius 1 is 1.53 bits per heavy atom. The Morgan fingerprint density at radius 3 is 2.80 bits per heavy atom. The molecule has 1 atom stereocenters. The van der Waals surface area contributed by atoms with E-state index in [1.165, 1.54) is 0 Å². The van der Waals surface area contributed by atoms with Gasteiger partial charge >= 0.3 is 0 Å². The van der Waals surface area contributed by atoms with E-state index in [4.69, 9.17) is 23.2 Å². The van der Waals surface area contributed by atoms with E-state index in [9.17, 15) is 5.11 Å². The molecule has 1 unspecified atom stereocenters. The fourth-order valence-electron chi connectivity index (χ4n) is 1.14. The fourth-order valence-corrected chi connectivity index (χ4v) is 1.99. The number of nitrogens with one attached hydrogen (secondary N) is 1. The van der Waals surface area contributed by atoms with Crippen LogP contribution in [0.2, 0.25) is 5.02 Å². The predicted molar refractivity (Wildman–Crippen MR) is 69.1 cm³/mol. The SMILES string of the molecule is Cc1cc(Br)cc(NCC(O)CCl)c1Cl. The van der Waals surface area contributed by atoms with Crippen molar-refractivity contribution in [1.29, 1.82) is 0 Å². The average molecular weight is 313 g/mol. The van der Waals surface area contributed by atoms with E-state index in [1.807, 2.05) is 19.1 Å². The number of aryl methyl sites for hydroxylation is 1. The maximum Gasteiger partial charge on any atom is 0.0847 e. The molecular weight excluding hydrogens is 301 g/mol. The van der Waals surface area contributed by atoms with Gasteiger partial charge in [0.15, 0.2) is 0 Å². The molecule has 0 heterocycles. The zero-order valence-corrected chi connectivity index (χ0v) is 11.3. The third-order valence-electron chi connectivity index (χ3n) is 1.93. The highest BCUT2D eigenvalue weighted by Crippen LogP contribution is 2.29. The molecule has 0 saturated carbocycles. The lowest BCUT2D eigenvalue weighted by Crippen LogP contribution is -2.20. The minimum Gasteiger partial charge on any atom is -0.390 e. The summed E-state index contributed by atoms with van der Waals surface area (Å²) in [6.07, 6.45) is -0.568. The van der Waals surface area contributed by atoms with Gasteiger partial charge in [-0.1, -0.05) is 27.5 Å². The highest BCUT2D eigenvalue weighted by atomic mass is 79.9. The maximum atomic E-state index is 9.30. The highest BCUT2D eigenvalue weighted by molar-refractivity contribution is 9.10. The monoisotopic (exact) mass is 311 g/mol. The first kappa shape index (κ1) is 13.1. The van der Waals surface area contributed by atoms with Crippen molar-refractivity contribution >= 4 is 44.8 Å². The first-order valence-electron chi connectivity index (χ1n) is 4.48. The van der Waals surface area contributed by atoms with Crippen molar-refractivity contribution in [2.24, 2.45) is 0 Å². The summed E-state index contributed by atoms with van der Waals surface area (Å²) in [4.78, 5) is 0. The zero-order chi connectivity index (χ0) is 11.4. The number of hydrogen-bond donors (Lipinski definition) is 2. The summed E-state index contributed by atoms with van der Waals surface area (Å²) >= 11 is 15.0. The second-order valence-electron chi connectivity index (χ2n) is 3.27. The average Bonchev–Trinajstić information content (AvgIpc) is 2.20. The van der Waals surface area contributed by atoms with E-state index in [0.29, 0.717) is 11.6 Å². The van der Waals surface area contributed by atoms with Crippen LogP contribution in [0.4, 0.5) is 5.69 Å². The van der Waals surface area contributed by atoms with Crippen LogP contribution in [0.15, 0.2) is 16.6 Å². The smallest absolute Gasteiger partial charge is 0.0847 e. The summed E-state index contributed by atoms with van der Waals surface area (Å²) in [5, 5.41) is 13.0. The van der Waals surface area contributed by atoms with Crippen LogP contribution in [0, 0.1) is 6.92 Å². The van der Waals surface area contributed by atoms with Crippen molar-refractivity contribution in [2.45, 2.75) is 13.0 Å². The van der Waals surface area contributed by atoms with E-state index in [0.717, 1.165) is 15.7 Å². The molecule has 15 heavy (non-hydrogen) atoms. The van der Waals surface area contributed by atoms with Gasteiger partial charge in [0.25, 0.3) is 0 Å². The predicted octanol–water partition coefficient (Wildman–Crippen LogP) is 3.42. The Balaban J connectivity index is 2.76. The van der Waals surface area contributed by atoms with Crippen LogP contribution in [-0.4, -0.2) is 23.6 Å². The van der Waals surface area contributed by atoms with Gasteiger partial charge < -0.3 is 10.4 Å². The number of rotatable bonds is 4. The Bertz CT molecular complexity index is 346. The molecule has 1 rings (SSSR count). The first-order chi connectivity index (χ1) is 7.04. The Morgan fingerprint density at radius 2 is 2.20 bits per heavy atom. The molecule has 0 aliphatic carbocycles. The standard InChI is InChI=1S/C10H12BrCl2NO/c1-6-2-7(11)3-9(10(6)13)14-5-8(15)4-12/h2-3,8,14-15H,4-5H2,1H3. The molecule has 0 spiro atoms. The van der Waals surface area contributed by atoms with Crippen LogP contribution < -0.4 is 5.32 Å². The number of aliphatic hydroxyl groups excluding tert-OH is 1. The summed E-state index contributed by atoms with van der Waals surface area (Å²) in [5.41, 5.74) is 1.78. The quantitative estimate of drug-likeness (QED) is 0.835. The molecule has 0 aliphatic heterocycles. The molecule has 0 saturated heterocycles. The van der Waals surface area contributed by atoms with Gasteiger partial charge in [0.1, 0.15) is 0 Å². The molecule has 1 aromatic rings. The lowest BCUT2D eigenvalue weighted by molar-refractivity contribution is 0.211. The number of anilines is 1. The molecule has 0 bridgehead atoms. The molecule has 0 fully saturated rings. The Hall–Kier alpha value is 0.0400. The van der Waals surface area contributed by atoms with Crippen molar-refractivity contribution in [2.75, 3.05) is 17.7 Å². The number of hydrogen-bond acceptors (Lipinski definition) is 2. The van der Waals surface area contributed by atoms with Crippen molar-refractivity contribution < 1.29 is 5.11 Å². The lowest BCUT2D eigenvalue weighted by atomic mass is 10.2. The number of aliphatic hydroxyl groups is 1.